The first-order valence-electron chi connectivity index (χ1n) is 5.64. The summed E-state index contributed by atoms with van der Waals surface area (Å²) in [5.41, 5.74) is 0. The van der Waals surface area contributed by atoms with Crippen LogP contribution in [0.4, 0.5) is 0 Å². The van der Waals surface area contributed by atoms with Crippen molar-refractivity contribution in [2.75, 3.05) is 13.1 Å². The number of hydrogen-bond donors (Lipinski definition) is 0. The molecule has 2 saturated heterocycles. The first-order chi connectivity index (χ1) is 7.19. The summed E-state index contributed by atoms with van der Waals surface area (Å²) in [5.74, 6) is 0.280. The average molecular weight is 224 g/mol. The van der Waals surface area contributed by atoms with Crippen LogP contribution in [-0.4, -0.2) is 39.0 Å². The van der Waals surface area contributed by atoms with Gasteiger partial charge in [0.25, 0.3) is 0 Å². The van der Waals surface area contributed by atoms with Crippen molar-refractivity contribution in [3.63, 3.8) is 0 Å². The van der Waals surface area contributed by atoms with Crippen LogP contribution in [-0.2, 0) is 4.79 Å². The van der Waals surface area contributed by atoms with Gasteiger partial charge in [0.2, 0.25) is 5.91 Å². The predicted octanol–water partition coefficient (Wildman–Crippen LogP) is 1.62. The van der Waals surface area contributed by atoms with Gasteiger partial charge in [0.15, 0.2) is 0 Å². The molecule has 0 spiro atoms. The molecule has 82 valence electrons. The number of carbonyl (C=O) groups is 1. The minimum absolute atomic E-state index is 0.123. The molecule has 3 aliphatic rings. The van der Waals surface area contributed by atoms with Gasteiger partial charge in [-0.05, 0) is 25.8 Å². The first kappa shape index (κ1) is 9.73. The number of hydrogen-bond acceptors (Lipinski definition) is 3. The van der Waals surface area contributed by atoms with E-state index in [0.29, 0.717) is 6.04 Å². The predicted molar refractivity (Wildman–Crippen MR) is 61.2 cm³/mol. The SMILES string of the molecule is CC1(SN2CCCC2)C=CN2C(=O)C[C@H]21. The minimum atomic E-state index is 0.123. The van der Waals surface area contributed by atoms with E-state index in [1.807, 2.05) is 23.0 Å². The highest BCUT2D eigenvalue weighted by Crippen LogP contribution is 2.46. The molecule has 3 aliphatic heterocycles. The molecular weight excluding hydrogens is 208 g/mol. The first-order valence-corrected chi connectivity index (χ1v) is 6.41. The zero-order valence-corrected chi connectivity index (χ0v) is 9.80. The lowest BCUT2D eigenvalue weighted by molar-refractivity contribution is -0.140. The molecule has 0 bridgehead atoms. The van der Waals surface area contributed by atoms with E-state index in [-0.39, 0.29) is 10.7 Å². The molecule has 15 heavy (non-hydrogen) atoms. The Balaban J connectivity index is 1.69. The van der Waals surface area contributed by atoms with Crippen LogP contribution in [0.25, 0.3) is 0 Å². The van der Waals surface area contributed by atoms with Gasteiger partial charge in [-0.2, -0.15) is 0 Å². The molecule has 1 unspecified atom stereocenters. The maximum Gasteiger partial charge on any atom is 0.228 e. The van der Waals surface area contributed by atoms with Crippen LogP contribution < -0.4 is 0 Å². The van der Waals surface area contributed by atoms with Crippen LogP contribution in [0.2, 0.25) is 0 Å². The maximum absolute atomic E-state index is 11.3. The molecule has 2 atom stereocenters. The summed E-state index contributed by atoms with van der Waals surface area (Å²) in [6, 6.07) is 0.413. The molecule has 3 rings (SSSR count). The summed E-state index contributed by atoms with van der Waals surface area (Å²) < 4.78 is 2.58. The quantitative estimate of drug-likeness (QED) is 0.526. The van der Waals surface area contributed by atoms with Crippen molar-refractivity contribution in [2.45, 2.75) is 37.0 Å². The Morgan fingerprint density at radius 2 is 2.20 bits per heavy atom. The van der Waals surface area contributed by atoms with Crippen molar-refractivity contribution in [3.8, 4) is 0 Å². The molecule has 0 saturated carbocycles. The Kier molecular flexibility index (Phi) is 2.11. The highest BCUT2D eigenvalue weighted by molar-refractivity contribution is 7.98. The smallest absolute Gasteiger partial charge is 0.228 e. The molecule has 0 aromatic carbocycles. The van der Waals surface area contributed by atoms with Crippen molar-refractivity contribution in [1.82, 2.24) is 9.21 Å². The second-order valence-electron chi connectivity index (χ2n) is 4.75. The van der Waals surface area contributed by atoms with Crippen LogP contribution in [0.15, 0.2) is 12.3 Å². The van der Waals surface area contributed by atoms with E-state index >= 15 is 0 Å². The fraction of sp³-hybridized carbons (Fsp3) is 0.727. The summed E-state index contributed by atoms with van der Waals surface area (Å²) in [6.45, 7) is 4.66. The number of rotatable bonds is 2. The Morgan fingerprint density at radius 3 is 2.80 bits per heavy atom. The molecule has 0 N–H and O–H groups in total. The zero-order chi connectivity index (χ0) is 10.5. The van der Waals surface area contributed by atoms with Crippen molar-refractivity contribution in [3.05, 3.63) is 12.3 Å². The number of amides is 1. The third kappa shape index (κ3) is 1.42. The third-order valence-electron chi connectivity index (χ3n) is 3.61. The lowest BCUT2D eigenvalue weighted by Crippen LogP contribution is -2.55. The molecular formula is C11H16N2OS. The Hall–Kier alpha value is -0.480. The third-order valence-corrected chi connectivity index (χ3v) is 5.04. The van der Waals surface area contributed by atoms with Gasteiger partial charge in [-0.15, -0.1) is 0 Å². The maximum atomic E-state index is 11.3. The Labute approximate surface area is 94.6 Å². The fourth-order valence-electron chi connectivity index (χ4n) is 2.58. The van der Waals surface area contributed by atoms with E-state index in [2.05, 4.69) is 17.3 Å². The number of carbonyl (C=O) groups excluding carboxylic acids is 1. The van der Waals surface area contributed by atoms with Gasteiger partial charge < -0.3 is 4.90 Å². The molecule has 3 heterocycles. The molecule has 1 amide bonds. The number of fused-ring (bicyclic) bond motifs is 1. The van der Waals surface area contributed by atoms with E-state index in [0.717, 1.165) is 6.42 Å². The van der Waals surface area contributed by atoms with Gasteiger partial charge in [0, 0.05) is 25.7 Å². The lowest BCUT2D eigenvalue weighted by atomic mass is 9.93. The van der Waals surface area contributed by atoms with Gasteiger partial charge >= 0.3 is 0 Å². The molecule has 4 heteroatoms. The topological polar surface area (TPSA) is 23.6 Å². The summed E-state index contributed by atoms with van der Waals surface area (Å²) in [5, 5.41) is 0. The summed E-state index contributed by atoms with van der Waals surface area (Å²) >= 11 is 1.93. The standard InChI is InChI=1S/C11H16N2OS/c1-11(15-12-5-2-3-6-12)4-7-13-9(11)8-10(13)14/h4,7,9H,2-3,5-6,8H2,1H3/t9-,11?/m0/s1. The average Bonchev–Trinajstić information content (AvgIpc) is 2.73. The monoisotopic (exact) mass is 224 g/mol. The van der Waals surface area contributed by atoms with Crippen molar-refractivity contribution in [1.29, 1.82) is 0 Å². The molecule has 0 radical (unpaired) electrons. The van der Waals surface area contributed by atoms with E-state index in [1.165, 1.54) is 25.9 Å². The summed E-state index contributed by atoms with van der Waals surface area (Å²) in [6.07, 6.45) is 7.54. The number of β-lactam (4-membered cyclic amide) rings is 1. The van der Waals surface area contributed by atoms with Crippen LogP contribution in [0.1, 0.15) is 26.2 Å². The Morgan fingerprint density at radius 1 is 1.47 bits per heavy atom. The highest BCUT2D eigenvalue weighted by Gasteiger charge is 2.51. The van der Waals surface area contributed by atoms with Gasteiger partial charge in [0.1, 0.15) is 0 Å². The fourth-order valence-corrected chi connectivity index (χ4v) is 4.02. The van der Waals surface area contributed by atoms with Crippen LogP contribution in [0, 0.1) is 0 Å². The van der Waals surface area contributed by atoms with Crippen molar-refractivity contribution >= 4 is 17.9 Å². The van der Waals surface area contributed by atoms with Crippen molar-refractivity contribution in [2.24, 2.45) is 0 Å². The van der Waals surface area contributed by atoms with Crippen LogP contribution >= 0.6 is 11.9 Å². The normalized spacial score (nSPS) is 39.7. The van der Waals surface area contributed by atoms with E-state index in [4.69, 9.17) is 0 Å². The lowest BCUT2D eigenvalue weighted by Gasteiger charge is -2.43. The molecule has 3 nitrogen and oxygen atoms in total. The van der Waals surface area contributed by atoms with Crippen LogP contribution in [0.3, 0.4) is 0 Å². The highest BCUT2D eigenvalue weighted by atomic mass is 32.2. The van der Waals surface area contributed by atoms with Gasteiger partial charge in [-0.25, -0.2) is 4.31 Å². The zero-order valence-electron chi connectivity index (χ0n) is 8.98. The van der Waals surface area contributed by atoms with Crippen LogP contribution in [0.5, 0.6) is 0 Å². The molecule has 0 aliphatic carbocycles. The summed E-state index contributed by atoms with van der Waals surface area (Å²) in [7, 11) is 0. The second kappa shape index (κ2) is 3.25. The van der Waals surface area contributed by atoms with Crippen molar-refractivity contribution < 1.29 is 4.79 Å². The van der Waals surface area contributed by atoms with E-state index in [1.54, 1.807) is 0 Å². The Bertz CT molecular complexity index is 325. The van der Waals surface area contributed by atoms with Gasteiger partial charge in [-0.3, -0.25) is 4.79 Å². The van der Waals surface area contributed by atoms with Gasteiger partial charge in [-0.1, -0.05) is 11.9 Å². The van der Waals surface area contributed by atoms with E-state index in [9.17, 15) is 4.79 Å². The number of nitrogens with zero attached hydrogens (tertiary/aromatic N) is 2. The largest absolute Gasteiger partial charge is 0.314 e. The molecule has 0 aromatic rings. The second-order valence-corrected chi connectivity index (χ2v) is 6.33. The molecule has 0 aromatic heterocycles. The van der Waals surface area contributed by atoms with Gasteiger partial charge in [0.05, 0.1) is 10.8 Å². The van der Waals surface area contributed by atoms with E-state index < -0.39 is 0 Å². The molecule has 2 fully saturated rings. The summed E-state index contributed by atoms with van der Waals surface area (Å²) in [4.78, 5) is 13.2. The minimum Gasteiger partial charge on any atom is -0.314 e.